The quantitative estimate of drug-likeness (QED) is 0.841. The molecule has 0 saturated carbocycles. The maximum absolute atomic E-state index is 13.7. The third-order valence-electron chi connectivity index (χ3n) is 4.31. The highest BCUT2D eigenvalue weighted by Crippen LogP contribution is 2.37. The zero-order valence-corrected chi connectivity index (χ0v) is 12.9. The van der Waals surface area contributed by atoms with Crippen molar-refractivity contribution >= 4 is 5.57 Å². The molecule has 1 aliphatic carbocycles. The van der Waals surface area contributed by atoms with E-state index in [0.29, 0.717) is 25.0 Å². The van der Waals surface area contributed by atoms with Crippen molar-refractivity contribution in [1.29, 1.82) is 0 Å². The van der Waals surface area contributed by atoms with Crippen molar-refractivity contribution in [3.05, 3.63) is 71.3 Å². The number of aromatic nitrogens is 1. The van der Waals surface area contributed by atoms with Crippen LogP contribution in [0.15, 0.2) is 37.0 Å². The fourth-order valence-corrected chi connectivity index (χ4v) is 3.03. The molecule has 24 heavy (non-hydrogen) atoms. The first-order chi connectivity index (χ1) is 11.5. The van der Waals surface area contributed by atoms with Crippen LogP contribution in [0.3, 0.4) is 0 Å². The number of benzene rings is 1. The van der Waals surface area contributed by atoms with Crippen LogP contribution in [0.2, 0.25) is 0 Å². The minimum Gasteiger partial charge on any atom is -0.378 e. The maximum atomic E-state index is 13.7. The average molecular weight is 334 g/mol. The summed E-state index contributed by atoms with van der Waals surface area (Å²) in [5.74, 6) is -3.19. The van der Waals surface area contributed by atoms with E-state index in [9.17, 15) is 18.3 Å². The largest absolute Gasteiger partial charge is 0.378 e. The molecule has 1 heterocycles. The molecule has 0 saturated heterocycles. The van der Waals surface area contributed by atoms with E-state index in [-0.39, 0.29) is 18.0 Å². The molecular weight excluding hydrogens is 317 g/mol. The first-order valence-electron chi connectivity index (χ1n) is 7.65. The summed E-state index contributed by atoms with van der Waals surface area (Å²) in [6.07, 6.45) is 1.99. The first kappa shape index (κ1) is 16.7. The summed E-state index contributed by atoms with van der Waals surface area (Å²) in [5, 5.41) is 13.1. The second kappa shape index (κ2) is 6.75. The fraction of sp³-hybridized carbons (Fsp3) is 0.278. The molecule has 0 spiro atoms. The number of fused-ring (bicyclic) bond motifs is 1. The molecule has 2 N–H and O–H groups in total. The van der Waals surface area contributed by atoms with E-state index < -0.39 is 23.7 Å². The van der Waals surface area contributed by atoms with E-state index in [4.69, 9.17) is 0 Å². The topological polar surface area (TPSA) is 45.1 Å². The lowest BCUT2D eigenvalue weighted by molar-refractivity contribution is 0.0999. The van der Waals surface area contributed by atoms with Gasteiger partial charge >= 0.3 is 0 Å². The van der Waals surface area contributed by atoms with Crippen LogP contribution in [0, 0.1) is 17.5 Å². The molecular formula is C18H17F3N2O. The number of hydrogen-bond donors (Lipinski definition) is 2. The summed E-state index contributed by atoms with van der Waals surface area (Å²) in [4.78, 5) is 4.29. The standard InChI is InChI=1S/C18H17F3N2O/c1-10-4-5-13(12-3-2-6-22-17(10)12)18(24)23-9-14-15(20)7-11(19)8-16(14)21/h2-3,6-8,13,18,23-24H,1,4-5,9H2. The number of aliphatic hydroxyl groups is 1. The van der Waals surface area contributed by atoms with E-state index in [1.54, 1.807) is 12.3 Å². The normalized spacial score (nSPS) is 18.3. The first-order valence-corrected chi connectivity index (χ1v) is 7.65. The molecule has 1 aromatic carbocycles. The van der Waals surface area contributed by atoms with Crippen molar-refractivity contribution in [2.75, 3.05) is 0 Å². The molecule has 3 rings (SSSR count). The third-order valence-corrected chi connectivity index (χ3v) is 4.31. The number of pyridine rings is 1. The van der Waals surface area contributed by atoms with Crippen LogP contribution < -0.4 is 5.32 Å². The monoisotopic (exact) mass is 334 g/mol. The summed E-state index contributed by atoms with van der Waals surface area (Å²) in [6, 6.07) is 4.88. The number of nitrogens with zero attached hydrogens (tertiary/aromatic N) is 1. The molecule has 1 aliphatic rings. The molecule has 2 atom stereocenters. The Balaban J connectivity index is 1.76. The minimum absolute atomic E-state index is 0.244. The predicted molar refractivity (Wildman–Crippen MR) is 84.4 cm³/mol. The molecule has 0 fully saturated rings. The van der Waals surface area contributed by atoms with E-state index in [0.717, 1.165) is 16.8 Å². The fourth-order valence-electron chi connectivity index (χ4n) is 3.03. The van der Waals surface area contributed by atoms with Crippen molar-refractivity contribution in [2.45, 2.75) is 31.5 Å². The number of allylic oxidation sites excluding steroid dienone is 1. The van der Waals surface area contributed by atoms with Crippen LogP contribution in [0.5, 0.6) is 0 Å². The van der Waals surface area contributed by atoms with Gasteiger partial charge in [0.05, 0.1) is 5.69 Å². The lowest BCUT2D eigenvalue weighted by atomic mass is 9.82. The lowest BCUT2D eigenvalue weighted by Crippen LogP contribution is -2.36. The number of hydrogen-bond acceptors (Lipinski definition) is 3. The number of halogens is 3. The van der Waals surface area contributed by atoms with E-state index in [2.05, 4.69) is 16.9 Å². The van der Waals surface area contributed by atoms with Gasteiger partial charge in [-0.3, -0.25) is 10.3 Å². The Bertz CT molecular complexity index is 756. The summed E-state index contributed by atoms with van der Waals surface area (Å²) in [5.41, 5.74) is 2.22. The van der Waals surface area contributed by atoms with Gasteiger partial charge in [0.15, 0.2) is 0 Å². The molecule has 3 nitrogen and oxygen atoms in total. The van der Waals surface area contributed by atoms with Crippen LogP contribution in [-0.4, -0.2) is 16.3 Å². The molecule has 126 valence electrons. The summed E-state index contributed by atoms with van der Waals surface area (Å²) in [7, 11) is 0. The molecule has 1 aromatic heterocycles. The zero-order chi connectivity index (χ0) is 17.3. The number of rotatable bonds is 4. The van der Waals surface area contributed by atoms with E-state index in [1.165, 1.54) is 0 Å². The molecule has 0 amide bonds. The molecule has 0 bridgehead atoms. The Hall–Kier alpha value is -2.18. The van der Waals surface area contributed by atoms with Crippen molar-refractivity contribution in [2.24, 2.45) is 0 Å². The van der Waals surface area contributed by atoms with Crippen LogP contribution in [0.4, 0.5) is 13.2 Å². The molecule has 6 heteroatoms. The van der Waals surface area contributed by atoms with Crippen LogP contribution in [0.1, 0.15) is 35.6 Å². The summed E-state index contributed by atoms with van der Waals surface area (Å²) < 4.78 is 40.3. The molecule has 0 radical (unpaired) electrons. The van der Waals surface area contributed by atoms with Crippen molar-refractivity contribution in [3.63, 3.8) is 0 Å². The summed E-state index contributed by atoms with van der Waals surface area (Å²) >= 11 is 0. The molecule has 2 unspecified atom stereocenters. The van der Waals surface area contributed by atoms with Crippen LogP contribution in [0.25, 0.3) is 5.57 Å². The van der Waals surface area contributed by atoms with Crippen molar-refractivity contribution in [3.8, 4) is 0 Å². The van der Waals surface area contributed by atoms with Gasteiger partial charge in [0, 0.05) is 36.4 Å². The number of nitrogens with one attached hydrogen (secondary N) is 1. The highest BCUT2D eigenvalue weighted by molar-refractivity contribution is 5.65. The maximum Gasteiger partial charge on any atom is 0.133 e. The van der Waals surface area contributed by atoms with Crippen molar-refractivity contribution < 1.29 is 18.3 Å². The number of aliphatic hydroxyl groups excluding tert-OH is 1. The van der Waals surface area contributed by atoms with Gasteiger partial charge in [-0.25, -0.2) is 13.2 Å². The van der Waals surface area contributed by atoms with Gasteiger partial charge in [-0.05, 0) is 30.0 Å². The predicted octanol–water partition coefficient (Wildman–Crippen LogP) is 3.50. The average Bonchev–Trinajstić information content (AvgIpc) is 2.54. The second-order valence-corrected chi connectivity index (χ2v) is 5.86. The zero-order valence-electron chi connectivity index (χ0n) is 12.9. The van der Waals surface area contributed by atoms with Crippen LogP contribution in [-0.2, 0) is 6.54 Å². The SMILES string of the molecule is C=C1CCC(C(O)NCc2c(F)cc(F)cc2F)c2cccnc21. The Kier molecular flexibility index (Phi) is 4.69. The van der Waals surface area contributed by atoms with Gasteiger partial charge < -0.3 is 5.11 Å². The van der Waals surface area contributed by atoms with Crippen molar-refractivity contribution in [1.82, 2.24) is 10.3 Å². The Morgan fingerprint density at radius 3 is 2.71 bits per heavy atom. The van der Waals surface area contributed by atoms with Gasteiger partial charge in [-0.15, -0.1) is 0 Å². The van der Waals surface area contributed by atoms with Gasteiger partial charge in [0.1, 0.15) is 23.7 Å². The highest BCUT2D eigenvalue weighted by atomic mass is 19.1. The molecule has 0 aliphatic heterocycles. The van der Waals surface area contributed by atoms with Gasteiger partial charge in [-0.2, -0.15) is 0 Å². The Morgan fingerprint density at radius 1 is 1.29 bits per heavy atom. The smallest absolute Gasteiger partial charge is 0.133 e. The van der Waals surface area contributed by atoms with Gasteiger partial charge in [0.25, 0.3) is 0 Å². The van der Waals surface area contributed by atoms with Gasteiger partial charge in [0.2, 0.25) is 0 Å². The Labute approximate surface area is 137 Å². The van der Waals surface area contributed by atoms with E-state index in [1.807, 2.05) is 6.07 Å². The third kappa shape index (κ3) is 3.20. The minimum atomic E-state index is -1.01. The van der Waals surface area contributed by atoms with Crippen LogP contribution >= 0.6 is 0 Å². The summed E-state index contributed by atoms with van der Waals surface area (Å²) in [6.45, 7) is 3.73. The lowest BCUT2D eigenvalue weighted by Gasteiger charge is -2.30. The van der Waals surface area contributed by atoms with Gasteiger partial charge in [-0.1, -0.05) is 12.6 Å². The van der Waals surface area contributed by atoms with E-state index >= 15 is 0 Å². The Morgan fingerprint density at radius 2 is 2.00 bits per heavy atom. The molecule has 2 aromatic rings. The second-order valence-electron chi connectivity index (χ2n) is 5.86. The highest BCUT2D eigenvalue weighted by Gasteiger charge is 2.29.